The largest absolute Gasteiger partial charge is 0.339 e. The summed E-state index contributed by atoms with van der Waals surface area (Å²) in [5.41, 5.74) is 0.657. The van der Waals surface area contributed by atoms with Crippen LogP contribution < -0.4 is 5.32 Å². The normalized spacial score (nSPS) is 24.6. The Balaban J connectivity index is 1.73. The fraction of sp³-hybridized carbons (Fsp3) is 0.500. The van der Waals surface area contributed by atoms with Crippen molar-refractivity contribution in [1.82, 2.24) is 20.0 Å². The molecule has 0 bridgehead atoms. The molecule has 1 unspecified atom stereocenters. The summed E-state index contributed by atoms with van der Waals surface area (Å²) in [6, 6.07) is 6.95. The fourth-order valence-corrected chi connectivity index (χ4v) is 3.21. The fourth-order valence-electron chi connectivity index (χ4n) is 3.21. The van der Waals surface area contributed by atoms with E-state index in [9.17, 15) is 14.4 Å². The maximum atomic E-state index is 12.9. The van der Waals surface area contributed by atoms with Crippen molar-refractivity contribution < 1.29 is 14.4 Å². The van der Waals surface area contributed by atoms with Gasteiger partial charge in [-0.1, -0.05) is 29.8 Å². The van der Waals surface area contributed by atoms with Crippen molar-refractivity contribution in [2.75, 3.05) is 39.8 Å². The number of carbonyl (C=O) groups is 3. The second kappa shape index (κ2) is 6.48. The Morgan fingerprint density at radius 3 is 2.32 bits per heavy atom. The lowest BCUT2D eigenvalue weighted by atomic mass is 9.91. The molecule has 2 aliphatic heterocycles. The number of benzene rings is 1. The van der Waals surface area contributed by atoms with Crippen molar-refractivity contribution in [2.45, 2.75) is 19.4 Å². The molecule has 4 amide bonds. The summed E-state index contributed by atoms with van der Waals surface area (Å²) in [5.74, 6) is -0.575. The van der Waals surface area contributed by atoms with Crippen LogP contribution in [0.15, 0.2) is 24.3 Å². The van der Waals surface area contributed by atoms with Gasteiger partial charge in [-0.15, -0.1) is 0 Å². The standard InChI is InChI=1S/C18H24N4O3/c1-13-4-6-14(7-5-13)18(2)16(24)22(17(25)19-18)12-15(23)21-10-8-20(3)9-11-21/h4-7H,8-12H2,1-3H3,(H,19,25). The molecule has 1 aromatic carbocycles. The summed E-state index contributed by atoms with van der Waals surface area (Å²) in [5, 5.41) is 2.74. The van der Waals surface area contributed by atoms with Gasteiger partial charge >= 0.3 is 6.03 Å². The van der Waals surface area contributed by atoms with E-state index in [1.807, 2.05) is 38.2 Å². The number of aryl methyl sites for hydroxylation is 1. The Bertz CT molecular complexity index is 695. The quantitative estimate of drug-likeness (QED) is 0.812. The molecule has 2 aliphatic rings. The van der Waals surface area contributed by atoms with Crippen LogP contribution in [0, 0.1) is 6.92 Å². The van der Waals surface area contributed by atoms with Gasteiger partial charge in [0.05, 0.1) is 0 Å². The lowest BCUT2D eigenvalue weighted by Gasteiger charge is -2.33. The monoisotopic (exact) mass is 344 g/mol. The molecule has 2 saturated heterocycles. The van der Waals surface area contributed by atoms with Gasteiger partial charge in [0.2, 0.25) is 5.91 Å². The van der Waals surface area contributed by atoms with E-state index in [2.05, 4.69) is 10.2 Å². The zero-order valence-corrected chi connectivity index (χ0v) is 14.9. The highest BCUT2D eigenvalue weighted by Crippen LogP contribution is 2.29. The number of likely N-dealkylation sites (N-methyl/N-ethyl adjacent to an activating group) is 1. The van der Waals surface area contributed by atoms with Crippen molar-refractivity contribution in [2.24, 2.45) is 0 Å². The summed E-state index contributed by atoms with van der Waals surface area (Å²) in [6.07, 6.45) is 0. The average molecular weight is 344 g/mol. The highest BCUT2D eigenvalue weighted by molar-refractivity contribution is 6.09. The maximum Gasteiger partial charge on any atom is 0.325 e. The Hall–Kier alpha value is -2.41. The van der Waals surface area contributed by atoms with Gasteiger partial charge in [-0.2, -0.15) is 0 Å². The molecule has 2 fully saturated rings. The summed E-state index contributed by atoms with van der Waals surface area (Å²) < 4.78 is 0. The minimum absolute atomic E-state index is 0.190. The number of imide groups is 1. The number of rotatable bonds is 3. The Labute approximate surface area is 147 Å². The Morgan fingerprint density at radius 1 is 1.12 bits per heavy atom. The number of piperazine rings is 1. The van der Waals surface area contributed by atoms with Crippen LogP contribution in [0.1, 0.15) is 18.1 Å². The number of carbonyl (C=O) groups excluding carboxylic acids is 3. The first-order valence-corrected chi connectivity index (χ1v) is 8.49. The number of amides is 4. The number of nitrogens with one attached hydrogen (secondary N) is 1. The molecule has 0 spiro atoms. The summed E-state index contributed by atoms with van der Waals surface area (Å²) >= 11 is 0. The van der Waals surface area contributed by atoms with Gasteiger partial charge in [-0.25, -0.2) is 4.79 Å². The van der Waals surface area contributed by atoms with E-state index in [1.165, 1.54) is 0 Å². The zero-order chi connectivity index (χ0) is 18.2. The van der Waals surface area contributed by atoms with Crippen LogP contribution in [0.5, 0.6) is 0 Å². The van der Waals surface area contributed by atoms with Gasteiger partial charge in [0.1, 0.15) is 12.1 Å². The van der Waals surface area contributed by atoms with E-state index >= 15 is 0 Å². The molecule has 0 aliphatic carbocycles. The molecule has 3 rings (SSSR count). The predicted octanol–water partition coefficient (Wildman–Crippen LogP) is 0.536. The van der Waals surface area contributed by atoms with Crippen molar-refractivity contribution in [3.8, 4) is 0 Å². The lowest BCUT2D eigenvalue weighted by molar-refractivity contribution is -0.139. The van der Waals surface area contributed by atoms with E-state index in [1.54, 1.807) is 11.8 Å². The van der Waals surface area contributed by atoms with Crippen LogP contribution >= 0.6 is 0 Å². The average Bonchev–Trinajstić information content (AvgIpc) is 2.80. The highest BCUT2D eigenvalue weighted by Gasteiger charge is 2.49. The van der Waals surface area contributed by atoms with Crippen molar-refractivity contribution in [1.29, 1.82) is 0 Å². The molecule has 7 nitrogen and oxygen atoms in total. The van der Waals surface area contributed by atoms with Gasteiger partial charge < -0.3 is 15.1 Å². The lowest BCUT2D eigenvalue weighted by Crippen LogP contribution is -2.51. The van der Waals surface area contributed by atoms with Crippen molar-refractivity contribution in [3.63, 3.8) is 0 Å². The first-order valence-electron chi connectivity index (χ1n) is 8.49. The van der Waals surface area contributed by atoms with Gasteiger partial charge in [0.25, 0.3) is 5.91 Å². The number of hydrogen-bond donors (Lipinski definition) is 1. The first-order chi connectivity index (χ1) is 11.8. The molecule has 0 aromatic heterocycles. The molecule has 0 radical (unpaired) electrons. The molecule has 1 N–H and O–H groups in total. The second-order valence-electron chi connectivity index (χ2n) is 7.00. The van der Waals surface area contributed by atoms with Gasteiger partial charge in [-0.05, 0) is 26.5 Å². The number of nitrogens with zero attached hydrogens (tertiary/aromatic N) is 3. The maximum absolute atomic E-state index is 12.9. The van der Waals surface area contributed by atoms with E-state index in [4.69, 9.17) is 0 Å². The van der Waals surface area contributed by atoms with Crippen LogP contribution in [0.25, 0.3) is 0 Å². The highest BCUT2D eigenvalue weighted by atomic mass is 16.2. The third-order valence-corrected chi connectivity index (χ3v) is 5.05. The van der Waals surface area contributed by atoms with E-state index in [-0.39, 0.29) is 18.4 Å². The molecule has 1 aromatic rings. The van der Waals surface area contributed by atoms with Crippen LogP contribution in [0.4, 0.5) is 4.79 Å². The predicted molar refractivity (Wildman–Crippen MR) is 92.9 cm³/mol. The zero-order valence-electron chi connectivity index (χ0n) is 14.9. The van der Waals surface area contributed by atoms with E-state index in [0.717, 1.165) is 23.6 Å². The summed E-state index contributed by atoms with van der Waals surface area (Å²) in [7, 11) is 2.01. The molecule has 2 heterocycles. The van der Waals surface area contributed by atoms with Gasteiger partial charge in [0.15, 0.2) is 0 Å². The topological polar surface area (TPSA) is 73.0 Å². The first kappa shape index (κ1) is 17.4. The summed E-state index contributed by atoms with van der Waals surface area (Å²) in [4.78, 5) is 42.5. The van der Waals surface area contributed by atoms with Crippen LogP contribution in [-0.4, -0.2) is 72.3 Å². The molecule has 1 atom stereocenters. The molecule has 7 heteroatoms. The molecular formula is C18H24N4O3. The van der Waals surface area contributed by atoms with Crippen LogP contribution in [0.2, 0.25) is 0 Å². The van der Waals surface area contributed by atoms with Gasteiger partial charge in [-0.3, -0.25) is 14.5 Å². The molecular weight excluding hydrogens is 320 g/mol. The Morgan fingerprint density at radius 2 is 1.72 bits per heavy atom. The summed E-state index contributed by atoms with van der Waals surface area (Å²) in [6.45, 7) is 6.26. The molecule has 0 saturated carbocycles. The third-order valence-electron chi connectivity index (χ3n) is 5.05. The number of urea groups is 1. The van der Waals surface area contributed by atoms with Gasteiger partial charge in [0, 0.05) is 26.2 Å². The molecule has 134 valence electrons. The third kappa shape index (κ3) is 3.24. The smallest absolute Gasteiger partial charge is 0.325 e. The van der Waals surface area contributed by atoms with E-state index < -0.39 is 11.6 Å². The minimum Gasteiger partial charge on any atom is -0.339 e. The molecule has 25 heavy (non-hydrogen) atoms. The van der Waals surface area contributed by atoms with Crippen molar-refractivity contribution >= 4 is 17.8 Å². The van der Waals surface area contributed by atoms with Crippen LogP contribution in [0.3, 0.4) is 0 Å². The van der Waals surface area contributed by atoms with Crippen LogP contribution in [-0.2, 0) is 15.1 Å². The number of hydrogen-bond acceptors (Lipinski definition) is 4. The second-order valence-corrected chi connectivity index (χ2v) is 7.00. The van der Waals surface area contributed by atoms with Crippen molar-refractivity contribution in [3.05, 3.63) is 35.4 Å². The minimum atomic E-state index is -1.13. The SMILES string of the molecule is Cc1ccc(C2(C)NC(=O)N(CC(=O)N3CCN(C)CC3)C2=O)cc1. The van der Waals surface area contributed by atoms with E-state index in [0.29, 0.717) is 18.7 Å². The Kier molecular flexibility index (Phi) is 4.51.